The van der Waals surface area contributed by atoms with Gasteiger partial charge in [0.15, 0.2) is 0 Å². The van der Waals surface area contributed by atoms with Gasteiger partial charge in [-0.25, -0.2) is 0 Å². The van der Waals surface area contributed by atoms with Crippen LogP contribution >= 0.6 is 11.6 Å². The van der Waals surface area contributed by atoms with E-state index in [2.05, 4.69) is 37.8 Å². The van der Waals surface area contributed by atoms with E-state index in [1.165, 1.54) is 5.56 Å². The first-order valence-corrected chi connectivity index (χ1v) is 6.58. The van der Waals surface area contributed by atoms with Crippen LogP contribution in [0.1, 0.15) is 12.5 Å². The summed E-state index contributed by atoms with van der Waals surface area (Å²) in [6.45, 7) is 8.38. The van der Waals surface area contributed by atoms with Crippen molar-refractivity contribution in [3.63, 3.8) is 0 Å². The van der Waals surface area contributed by atoms with Gasteiger partial charge in [-0.05, 0) is 43.2 Å². The first kappa shape index (κ1) is 13.7. The van der Waals surface area contributed by atoms with E-state index in [0.717, 1.165) is 22.4 Å². The Morgan fingerprint density at radius 3 is 2.47 bits per heavy atom. The predicted octanol–water partition coefficient (Wildman–Crippen LogP) is 5.27. The topological polar surface area (TPSA) is 9.23 Å². The molecular weight excluding hydrogens is 256 g/mol. The number of ether oxygens (including phenoxy) is 1. The largest absolute Gasteiger partial charge is 0.489 e. The number of benzene rings is 2. The second-order valence-corrected chi connectivity index (χ2v) is 5.19. The molecule has 0 unspecified atom stereocenters. The summed E-state index contributed by atoms with van der Waals surface area (Å²) >= 11 is 6.09. The highest BCUT2D eigenvalue weighted by atomic mass is 35.5. The van der Waals surface area contributed by atoms with Gasteiger partial charge in [-0.15, -0.1) is 0 Å². The minimum Gasteiger partial charge on any atom is -0.489 e. The van der Waals surface area contributed by atoms with Gasteiger partial charge in [0.1, 0.15) is 12.4 Å². The number of hydrogen-bond donors (Lipinski definition) is 0. The molecule has 0 aliphatic rings. The Labute approximate surface area is 119 Å². The summed E-state index contributed by atoms with van der Waals surface area (Å²) in [7, 11) is 0. The maximum absolute atomic E-state index is 6.09. The molecule has 0 aliphatic heterocycles. The molecule has 2 aromatic rings. The summed E-state index contributed by atoms with van der Waals surface area (Å²) < 4.78 is 5.78. The molecule has 0 fully saturated rings. The van der Waals surface area contributed by atoms with Gasteiger partial charge in [0.05, 0.1) is 0 Å². The van der Waals surface area contributed by atoms with Crippen molar-refractivity contribution in [3.8, 4) is 16.9 Å². The fourth-order valence-corrected chi connectivity index (χ4v) is 1.96. The smallest absolute Gasteiger partial charge is 0.127 e. The molecule has 0 aliphatic carbocycles. The van der Waals surface area contributed by atoms with Crippen LogP contribution in [0, 0.1) is 6.92 Å². The quantitative estimate of drug-likeness (QED) is 0.689. The molecule has 98 valence electrons. The van der Waals surface area contributed by atoms with E-state index < -0.39 is 0 Å². The third-order valence-corrected chi connectivity index (χ3v) is 3.01. The van der Waals surface area contributed by atoms with Crippen LogP contribution in [0.25, 0.3) is 11.1 Å². The number of aryl methyl sites for hydroxylation is 1. The number of halogens is 1. The third-order valence-electron chi connectivity index (χ3n) is 2.78. The normalized spacial score (nSPS) is 10.3. The fourth-order valence-electron chi connectivity index (χ4n) is 1.79. The van der Waals surface area contributed by atoms with E-state index in [4.69, 9.17) is 16.3 Å². The van der Waals surface area contributed by atoms with Gasteiger partial charge in [0.25, 0.3) is 0 Å². The molecule has 0 saturated heterocycles. The highest BCUT2D eigenvalue weighted by molar-refractivity contribution is 6.31. The van der Waals surface area contributed by atoms with Crippen molar-refractivity contribution in [1.29, 1.82) is 0 Å². The molecule has 19 heavy (non-hydrogen) atoms. The summed E-state index contributed by atoms with van der Waals surface area (Å²) in [6, 6.07) is 14.0. The molecule has 0 saturated carbocycles. The van der Waals surface area contributed by atoms with Gasteiger partial charge >= 0.3 is 0 Å². The third kappa shape index (κ3) is 3.62. The predicted molar refractivity (Wildman–Crippen MR) is 81.9 cm³/mol. The van der Waals surface area contributed by atoms with Crippen molar-refractivity contribution in [3.05, 3.63) is 65.2 Å². The van der Waals surface area contributed by atoms with Crippen molar-refractivity contribution < 1.29 is 4.74 Å². The van der Waals surface area contributed by atoms with E-state index in [1.54, 1.807) is 0 Å². The standard InChI is InChI=1S/C17H17ClO/c1-12(2)11-19-17-9-8-15(18)10-16(17)14-6-4-13(3)5-7-14/h4-10H,1,11H2,2-3H3. The van der Waals surface area contributed by atoms with E-state index in [1.807, 2.05) is 25.1 Å². The van der Waals surface area contributed by atoms with Gasteiger partial charge in [0.2, 0.25) is 0 Å². The van der Waals surface area contributed by atoms with Crippen molar-refractivity contribution in [2.45, 2.75) is 13.8 Å². The van der Waals surface area contributed by atoms with Crippen molar-refractivity contribution >= 4 is 11.6 Å². The first-order valence-electron chi connectivity index (χ1n) is 6.20. The van der Waals surface area contributed by atoms with Crippen LogP contribution in [0.5, 0.6) is 5.75 Å². The fraction of sp³-hybridized carbons (Fsp3) is 0.176. The Balaban J connectivity index is 2.39. The van der Waals surface area contributed by atoms with Crippen LogP contribution in [-0.2, 0) is 0 Å². The van der Waals surface area contributed by atoms with Crippen LogP contribution < -0.4 is 4.74 Å². The average molecular weight is 273 g/mol. The lowest BCUT2D eigenvalue weighted by Crippen LogP contribution is -1.99. The average Bonchev–Trinajstić information content (AvgIpc) is 2.38. The molecule has 0 atom stereocenters. The van der Waals surface area contributed by atoms with Crippen LogP contribution in [-0.4, -0.2) is 6.61 Å². The molecule has 1 nitrogen and oxygen atoms in total. The molecule has 0 spiro atoms. The van der Waals surface area contributed by atoms with E-state index in [9.17, 15) is 0 Å². The lowest BCUT2D eigenvalue weighted by atomic mass is 10.0. The maximum atomic E-state index is 6.09. The van der Waals surface area contributed by atoms with E-state index in [-0.39, 0.29) is 0 Å². The minimum atomic E-state index is 0.514. The second-order valence-electron chi connectivity index (χ2n) is 4.75. The van der Waals surface area contributed by atoms with Gasteiger partial charge in [-0.2, -0.15) is 0 Å². The summed E-state index contributed by atoms with van der Waals surface area (Å²) in [6.07, 6.45) is 0. The monoisotopic (exact) mass is 272 g/mol. The van der Waals surface area contributed by atoms with Gasteiger partial charge in [0, 0.05) is 10.6 Å². The molecule has 0 radical (unpaired) electrons. The Bertz CT molecular complexity index is 585. The second kappa shape index (κ2) is 5.94. The number of hydrogen-bond acceptors (Lipinski definition) is 1. The lowest BCUT2D eigenvalue weighted by molar-refractivity contribution is 0.354. The first-order chi connectivity index (χ1) is 9.06. The highest BCUT2D eigenvalue weighted by Gasteiger charge is 2.07. The van der Waals surface area contributed by atoms with Crippen molar-refractivity contribution in [1.82, 2.24) is 0 Å². The molecule has 0 amide bonds. The molecule has 0 N–H and O–H groups in total. The van der Waals surface area contributed by atoms with Gasteiger partial charge < -0.3 is 4.74 Å². The Morgan fingerprint density at radius 2 is 1.84 bits per heavy atom. The minimum absolute atomic E-state index is 0.514. The van der Waals surface area contributed by atoms with Crippen molar-refractivity contribution in [2.24, 2.45) is 0 Å². The molecular formula is C17H17ClO. The molecule has 0 heterocycles. The molecule has 2 rings (SSSR count). The Kier molecular flexibility index (Phi) is 4.28. The zero-order valence-corrected chi connectivity index (χ0v) is 12.0. The Hall–Kier alpha value is -1.73. The summed E-state index contributed by atoms with van der Waals surface area (Å²) in [5.41, 5.74) is 4.33. The van der Waals surface area contributed by atoms with Gasteiger partial charge in [-0.3, -0.25) is 0 Å². The SMILES string of the molecule is C=C(C)COc1ccc(Cl)cc1-c1ccc(C)cc1. The zero-order valence-electron chi connectivity index (χ0n) is 11.2. The van der Waals surface area contributed by atoms with Crippen LogP contribution in [0.3, 0.4) is 0 Å². The van der Waals surface area contributed by atoms with Crippen LogP contribution in [0.15, 0.2) is 54.6 Å². The summed E-state index contributed by atoms with van der Waals surface area (Å²) in [5, 5.41) is 0.707. The zero-order chi connectivity index (χ0) is 13.8. The van der Waals surface area contributed by atoms with E-state index in [0.29, 0.717) is 11.6 Å². The summed E-state index contributed by atoms with van der Waals surface area (Å²) in [4.78, 5) is 0. The number of rotatable bonds is 4. The van der Waals surface area contributed by atoms with Crippen LogP contribution in [0.4, 0.5) is 0 Å². The highest BCUT2D eigenvalue weighted by Crippen LogP contribution is 2.33. The van der Waals surface area contributed by atoms with Crippen LogP contribution in [0.2, 0.25) is 5.02 Å². The lowest BCUT2D eigenvalue weighted by Gasteiger charge is -2.12. The van der Waals surface area contributed by atoms with Crippen molar-refractivity contribution in [2.75, 3.05) is 6.61 Å². The molecule has 2 aromatic carbocycles. The Morgan fingerprint density at radius 1 is 1.16 bits per heavy atom. The van der Waals surface area contributed by atoms with Gasteiger partial charge in [-0.1, -0.05) is 48.0 Å². The molecule has 0 bridgehead atoms. The molecule has 2 heteroatoms. The van der Waals surface area contributed by atoms with E-state index >= 15 is 0 Å². The molecule has 0 aromatic heterocycles. The maximum Gasteiger partial charge on any atom is 0.127 e. The summed E-state index contributed by atoms with van der Waals surface area (Å²) in [5.74, 6) is 0.830.